The maximum Gasteiger partial charge on any atom is 0.0623 e. The molecule has 0 aliphatic rings. The smallest absolute Gasteiger partial charge is 0.0622 e. The number of rotatable bonds is 0. The van der Waals surface area contributed by atoms with E-state index in [-0.39, 0.29) is 0 Å². The fraction of sp³-hybridized carbons (Fsp3) is 0.143. The minimum Gasteiger partial charge on any atom is -0.0622 e. The molecule has 0 unspecified atom stereocenters. The predicted molar refractivity (Wildman–Crippen MR) is 31.2 cm³/mol. The van der Waals surface area contributed by atoms with Crippen LogP contribution in [0.1, 0.15) is 8.30 Å². The second kappa shape index (κ2) is 1.78. The second-order valence-corrected chi connectivity index (χ2v) is 1.51. The molecule has 0 atom stereocenters. The largest absolute Gasteiger partial charge is 0.0623 e. The lowest BCUT2D eigenvalue weighted by Crippen LogP contribution is -1.62. The van der Waals surface area contributed by atoms with Crippen molar-refractivity contribution in [2.75, 3.05) is 0 Å². The Morgan fingerprint density at radius 2 is 2.29 bits per heavy atom. The Hall–Kier alpha value is -0.780. The summed E-state index contributed by atoms with van der Waals surface area (Å²) >= 11 is 0. The van der Waals surface area contributed by atoms with E-state index in [9.17, 15) is 0 Å². The van der Waals surface area contributed by atoms with Gasteiger partial charge in [0, 0.05) is 0 Å². The number of hydrogen-bond donors (Lipinski definition) is 0. The van der Waals surface area contributed by atoms with E-state index < -0.39 is 0 Å². The highest BCUT2D eigenvalue weighted by atomic mass is 13.8. The van der Waals surface area contributed by atoms with Crippen LogP contribution in [-0.2, 0) is 0 Å². The van der Waals surface area contributed by atoms with Crippen molar-refractivity contribution in [1.29, 1.82) is 0 Å². The molecule has 0 aromatic heterocycles. The maximum atomic E-state index is 7.17. The van der Waals surface area contributed by atoms with Crippen molar-refractivity contribution >= 4 is 0 Å². The molecule has 1 rings (SSSR count). The summed E-state index contributed by atoms with van der Waals surface area (Å²) in [6, 6.07) is 5.75. The number of aryl methyl sites for hydroxylation is 1. The van der Waals surface area contributed by atoms with Crippen LogP contribution < -0.4 is 0 Å². The first kappa shape index (κ1) is 2.51. The van der Waals surface area contributed by atoms with Crippen molar-refractivity contribution in [2.24, 2.45) is 0 Å². The van der Waals surface area contributed by atoms with Crippen LogP contribution in [0.15, 0.2) is 30.3 Å². The Morgan fingerprint density at radius 3 is 2.86 bits per heavy atom. The lowest BCUT2D eigenvalue weighted by atomic mass is 10.2. The van der Waals surface area contributed by atoms with Gasteiger partial charge in [0.15, 0.2) is 0 Å². The van der Waals surface area contributed by atoms with E-state index in [1.54, 1.807) is 12.1 Å². The van der Waals surface area contributed by atoms with Gasteiger partial charge >= 0.3 is 0 Å². The van der Waals surface area contributed by atoms with Gasteiger partial charge in [0.05, 0.1) is 2.74 Å². The van der Waals surface area contributed by atoms with Gasteiger partial charge < -0.3 is 0 Å². The zero-order valence-corrected chi connectivity index (χ0v) is 4.23. The number of benzene rings is 1. The number of hydrogen-bond acceptors (Lipinski definition) is 0. The van der Waals surface area contributed by atoms with Crippen LogP contribution in [-0.4, -0.2) is 0 Å². The average molecular weight is 96.2 g/mol. The van der Waals surface area contributed by atoms with Crippen LogP contribution in [0.5, 0.6) is 0 Å². The molecule has 0 heterocycles. The Labute approximate surface area is 46.6 Å². The van der Waals surface area contributed by atoms with Crippen molar-refractivity contribution in [3.8, 4) is 0 Å². The van der Waals surface area contributed by atoms with E-state index in [4.69, 9.17) is 2.74 Å². The fourth-order valence-electron chi connectivity index (χ4n) is 0.425. The van der Waals surface area contributed by atoms with E-state index >= 15 is 0 Å². The molecular formula is C7H8. The van der Waals surface area contributed by atoms with Gasteiger partial charge in [-0.05, 0) is 6.92 Å². The molecular weight excluding hydrogens is 84.1 g/mol. The van der Waals surface area contributed by atoms with Crippen molar-refractivity contribution < 1.29 is 2.74 Å². The van der Waals surface area contributed by atoms with Gasteiger partial charge in [-0.25, -0.2) is 0 Å². The molecule has 0 spiro atoms. The molecule has 0 saturated heterocycles. The molecule has 0 amide bonds. The summed E-state index contributed by atoms with van der Waals surface area (Å²) in [4.78, 5) is 0. The van der Waals surface area contributed by atoms with Crippen LogP contribution >= 0.6 is 0 Å². The van der Waals surface area contributed by atoms with E-state index in [1.165, 1.54) is 0 Å². The van der Waals surface area contributed by atoms with E-state index in [0.717, 1.165) is 5.56 Å². The summed E-state index contributed by atoms with van der Waals surface area (Å²) in [6.07, 6.45) is 0. The average Bonchev–Trinajstić information content (AvgIpc) is 1.80. The van der Waals surface area contributed by atoms with Crippen LogP contribution in [0.25, 0.3) is 0 Å². The predicted octanol–water partition coefficient (Wildman–Crippen LogP) is 2.00. The third-order valence-corrected chi connectivity index (χ3v) is 0.813. The highest BCUT2D eigenvalue weighted by Gasteiger charge is 1.72. The minimum absolute atomic E-state index is 0.292. The normalized spacial score (nSPS) is 12.7. The zero-order valence-electron chi connectivity index (χ0n) is 6.23. The first-order valence-corrected chi connectivity index (χ1v) is 2.24. The fourth-order valence-corrected chi connectivity index (χ4v) is 0.425. The maximum absolute atomic E-state index is 7.17. The molecule has 0 radical (unpaired) electrons. The summed E-state index contributed by atoms with van der Waals surface area (Å²) in [5.41, 5.74) is 1.04. The highest BCUT2D eigenvalue weighted by Crippen LogP contribution is 1.92. The molecule has 0 heteroatoms. The molecule has 1 aromatic rings. The standard InChI is InChI=1S/C7H8/c1-7-5-3-2-4-6-7/h2-6H,1H3/i2T,3T. The molecule has 1 aromatic carbocycles. The molecule has 0 aliphatic carbocycles. The molecule has 0 N–H and O–H groups in total. The van der Waals surface area contributed by atoms with Gasteiger partial charge in [-0.1, -0.05) is 35.8 Å². The zero-order chi connectivity index (χ0) is 6.85. The van der Waals surface area contributed by atoms with Crippen LogP contribution in [0.3, 0.4) is 0 Å². The lowest BCUT2D eigenvalue weighted by Gasteiger charge is -1.82. The van der Waals surface area contributed by atoms with Crippen LogP contribution in [0.4, 0.5) is 0 Å². The van der Waals surface area contributed by atoms with Crippen LogP contribution in [0.2, 0.25) is 0 Å². The van der Waals surface area contributed by atoms with Crippen LogP contribution in [0, 0.1) is 6.92 Å². The van der Waals surface area contributed by atoms with Gasteiger partial charge in [0.2, 0.25) is 0 Å². The monoisotopic (exact) mass is 96.1 g/mol. The Balaban J connectivity index is 3.17. The van der Waals surface area contributed by atoms with Gasteiger partial charge in [-0.2, -0.15) is 0 Å². The third kappa shape index (κ3) is 1.04. The first-order valence-electron chi connectivity index (χ1n) is 3.24. The lowest BCUT2D eigenvalue weighted by molar-refractivity contribution is 1.48. The molecule has 36 valence electrons. The highest BCUT2D eigenvalue weighted by molar-refractivity contribution is 5.11. The second-order valence-electron chi connectivity index (χ2n) is 1.51. The Morgan fingerprint density at radius 1 is 1.43 bits per heavy atom. The van der Waals surface area contributed by atoms with Crippen molar-refractivity contribution in [2.45, 2.75) is 6.92 Å². The quantitative estimate of drug-likeness (QED) is 0.463. The van der Waals surface area contributed by atoms with Crippen molar-refractivity contribution in [3.05, 3.63) is 35.8 Å². The summed E-state index contributed by atoms with van der Waals surface area (Å²) in [5, 5.41) is 0. The van der Waals surface area contributed by atoms with E-state index in [2.05, 4.69) is 0 Å². The third-order valence-electron chi connectivity index (χ3n) is 0.813. The molecule has 0 bridgehead atoms. The van der Waals surface area contributed by atoms with Gasteiger partial charge in [0.25, 0.3) is 0 Å². The molecule has 0 saturated carbocycles. The van der Waals surface area contributed by atoms with Gasteiger partial charge in [-0.15, -0.1) is 0 Å². The van der Waals surface area contributed by atoms with Crippen molar-refractivity contribution in [1.82, 2.24) is 0 Å². The molecule has 0 fully saturated rings. The topological polar surface area (TPSA) is 0 Å². The first-order chi connectivity index (χ1) is 4.20. The van der Waals surface area contributed by atoms with Crippen molar-refractivity contribution in [3.63, 3.8) is 0 Å². The molecule has 0 aliphatic heterocycles. The van der Waals surface area contributed by atoms with E-state index in [1.807, 2.05) is 13.0 Å². The van der Waals surface area contributed by atoms with E-state index in [0.29, 0.717) is 12.1 Å². The summed E-state index contributed by atoms with van der Waals surface area (Å²) in [6.45, 7) is 1.91. The van der Waals surface area contributed by atoms with Gasteiger partial charge in [0.1, 0.15) is 0 Å². The molecule has 7 heavy (non-hydrogen) atoms. The minimum atomic E-state index is 0.292. The molecule has 0 nitrogen and oxygen atoms in total. The Bertz CT molecular complexity index is 218. The summed E-state index contributed by atoms with van der Waals surface area (Å²) in [7, 11) is 0. The summed E-state index contributed by atoms with van der Waals surface area (Å²) < 4.78 is 14.3. The Kier molecular flexibility index (Phi) is 0.639. The SMILES string of the molecule is [3H]c1ccc(C)cc1[3H]. The van der Waals surface area contributed by atoms with Gasteiger partial charge in [-0.3, -0.25) is 0 Å². The summed E-state index contributed by atoms with van der Waals surface area (Å²) in [5.74, 6) is 0.